The van der Waals surface area contributed by atoms with Gasteiger partial charge in [-0.1, -0.05) is 0 Å². The van der Waals surface area contributed by atoms with Gasteiger partial charge in [0.05, 0.1) is 10.2 Å². The van der Waals surface area contributed by atoms with Crippen molar-refractivity contribution in [3.63, 3.8) is 0 Å². The van der Waals surface area contributed by atoms with Crippen LogP contribution >= 0.6 is 27.3 Å². The standard InChI is InChI=1S/C8H10BrNO4S2/c1-10(5-4-7(11)12)16(13,14)8-3-2-6(9)15-8/h2-3H,4-5H2,1H3,(H,11,12). The Kier molecular flexibility index (Phi) is 4.48. The summed E-state index contributed by atoms with van der Waals surface area (Å²) in [7, 11) is -2.19. The zero-order chi connectivity index (χ0) is 12.3. The first kappa shape index (κ1) is 13.6. The molecule has 0 aliphatic rings. The number of hydrogen-bond acceptors (Lipinski definition) is 4. The molecular weight excluding hydrogens is 318 g/mol. The fourth-order valence-electron chi connectivity index (χ4n) is 0.963. The molecule has 0 unspecified atom stereocenters. The highest BCUT2D eigenvalue weighted by atomic mass is 79.9. The molecule has 16 heavy (non-hydrogen) atoms. The van der Waals surface area contributed by atoms with Gasteiger partial charge in [0.1, 0.15) is 4.21 Å². The summed E-state index contributed by atoms with van der Waals surface area (Å²) < 4.78 is 25.7. The van der Waals surface area contributed by atoms with Gasteiger partial charge in [0, 0.05) is 13.6 Å². The Balaban J connectivity index is 2.82. The van der Waals surface area contributed by atoms with Crippen molar-refractivity contribution in [1.82, 2.24) is 4.31 Å². The predicted octanol–water partition coefficient (Wildman–Crippen LogP) is 1.61. The maximum atomic E-state index is 11.9. The molecule has 0 spiro atoms. The van der Waals surface area contributed by atoms with Crippen molar-refractivity contribution in [1.29, 1.82) is 0 Å². The number of sulfonamides is 1. The summed E-state index contributed by atoms with van der Waals surface area (Å²) in [6.07, 6.45) is -0.206. The summed E-state index contributed by atoms with van der Waals surface area (Å²) in [5.41, 5.74) is 0. The van der Waals surface area contributed by atoms with Gasteiger partial charge in [-0.3, -0.25) is 4.79 Å². The third-order valence-corrected chi connectivity index (χ3v) is 5.80. The first-order valence-corrected chi connectivity index (χ1v) is 7.32. The highest BCUT2D eigenvalue weighted by Gasteiger charge is 2.22. The number of halogens is 1. The third kappa shape index (κ3) is 3.27. The monoisotopic (exact) mass is 327 g/mol. The van der Waals surface area contributed by atoms with Crippen molar-refractivity contribution in [2.24, 2.45) is 0 Å². The van der Waals surface area contributed by atoms with Gasteiger partial charge in [-0.15, -0.1) is 11.3 Å². The molecule has 0 aliphatic carbocycles. The zero-order valence-electron chi connectivity index (χ0n) is 8.38. The van der Waals surface area contributed by atoms with Crippen LogP contribution in [0.1, 0.15) is 6.42 Å². The van der Waals surface area contributed by atoms with Crippen LogP contribution in [0.5, 0.6) is 0 Å². The number of carboxylic acids is 1. The Bertz CT molecular complexity index is 482. The van der Waals surface area contributed by atoms with E-state index in [0.717, 1.165) is 19.4 Å². The van der Waals surface area contributed by atoms with E-state index in [9.17, 15) is 13.2 Å². The lowest BCUT2D eigenvalue weighted by Gasteiger charge is -2.14. The largest absolute Gasteiger partial charge is 0.481 e. The lowest BCUT2D eigenvalue weighted by Crippen LogP contribution is -2.28. The molecule has 0 atom stereocenters. The van der Waals surface area contributed by atoms with Crippen LogP contribution in [-0.4, -0.2) is 37.4 Å². The quantitative estimate of drug-likeness (QED) is 0.891. The Labute approximate surface area is 106 Å². The summed E-state index contributed by atoms with van der Waals surface area (Å²) in [4.78, 5) is 10.3. The highest BCUT2D eigenvalue weighted by molar-refractivity contribution is 9.11. The minimum absolute atomic E-state index is 0.0345. The second-order valence-electron chi connectivity index (χ2n) is 3.03. The molecule has 90 valence electrons. The van der Waals surface area contributed by atoms with Gasteiger partial charge in [0.15, 0.2) is 0 Å². The molecule has 5 nitrogen and oxygen atoms in total. The molecule has 0 amide bonds. The molecule has 1 heterocycles. The van der Waals surface area contributed by atoms with Gasteiger partial charge in [-0.2, -0.15) is 4.31 Å². The van der Waals surface area contributed by atoms with Crippen molar-refractivity contribution in [3.8, 4) is 0 Å². The summed E-state index contributed by atoms with van der Waals surface area (Å²) in [6.45, 7) is -0.0345. The summed E-state index contributed by atoms with van der Waals surface area (Å²) in [5, 5.41) is 8.48. The van der Waals surface area contributed by atoms with Crippen LogP contribution in [0.25, 0.3) is 0 Å². The molecule has 0 saturated heterocycles. The summed E-state index contributed by atoms with van der Waals surface area (Å²) in [6, 6.07) is 3.13. The van der Waals surface area contributed by atoms with Crippen molar-refractivity contribution in [2.75, 3.05) is 13.6 Å². The number of hydrogen-bond donors (Lipinski definition) is 1. The highest BCUT2D eigenvalue weighted by Crippen LogP contribution is 2.27. The second-order valence-corrected chi connectivity index (χ2v) is 7.76. The van der Waals surface area contributed by atoms with E-state index in [4.69, 9.17) is 5.11 Å². The molecule has 0 radical (unpaired) electrons. The summed E-state index contributed by atoms with van der Waals surface area (Å²) in [5.74, 6) is -1.02. The maximum Gasteiger partial charge on any atom is 0.304 e. The van der Waals surface area contributed by atoms with Crippen molar-refractivity contribution >= 4 is 43.3 Å². The van der Waals surface area contributed by atoms with Crippen LogP contribution in [0.2, 0.25) is 0 Å². The minimum atomic E-state index is -3.56. The minimum Gasteiger partial charge on any atom is -0.481 e. The van der Waals surface area contributed by atoms with E-state index < -0.39 is 16.0 Å². The van der Waals surface area contributed by atoms with Crippen LogP contribution in [0.15, 0.2) is 20.1 Å². The molecule has 0 saturated carbocycles. The van der Waals surface area contributed by atoms with Crippen molar-refractivity contribution in [3.05, 3.63) is 15.9 Å². The van der Waals surface area contributed by atoms with Crippen molar-refractivity contribution < 1.29 is 18.3 Å². The van der Waals surface area contributed by atoms with E-state index in [2.05, 4.69) is 15.9 Å². The second kappa shape index (κ2) is 5.26. The third-order valence-electron chi connectivity index (χ3n) is 1.85. The van der Waals surface area contributed by atoms with Gasteiger partial charge in [-0.05, 0) is 28.1 Å². The molecule has 0 aliphatic heterocycles. The normalized spacial score (nSPS) is 11.9. The average Bonchev–Trinajstić information content (AvgIpc) is 2.61. The smallest absolute Gasteiger partial charge is 0.304 e. The van der Waals surface area contributed by atoms with Gasteiger partial charge < -0.3 is 5.11 Å². The average molecular weight is 328 g/mol. The lowest BCUT2D eigenvalue weighted by molar-refractivity contribution is -0.137. The molecule has 0 bridgehead atoms. The SMILES string of the molecule is CN(CCC(=O)O)S(=O)(=O)c1ccc(Br)s1. The Morgan fingerprint density at radius 1 is 1.56 bits per heavy atom. The number of carboxylic acid groups (broad SMARTS) is 1. The first-order valence-electron chi connectivity index (χ1n) is 4.27. The fraction of sp³-hybridized carbons (Fsp3) is 0.375. The predicted molar refractivity (Wildman–Crippen MR) is 64.1 cm³/mol. The van der Waals surface area contributed by atoms with E-state index in [1.165, 1.54) is 13.1 Å². The number of carbonyl (C=O) groups is 1. The molecule has 0 aromatic carbocycles. The van der Waals surface area contributed by atoms with Gasteiger partial charge in [-0.25, -0.2) is 8.42 Å². The van der Waals surface area contributed by atoms with Crippen LogP contribution in [0.3, 0.4) is 0 Å². The molecule has 0 fully saturated rings. The van der Waals surface area contributed by atoms with E-state index in [1.54, 1.807) is 6.07 Å². The molecule has 1 aromatic rings. The van der Waals surface area contributed by atoms with Crippen LogP contribution in [0, 0.1) is 0 Å². The molecule has 1 N–H and O–H groups in total. The van der Waals surface area contributed by atoms with Gasteiger partial charge in [0.2, 0.25) is 0 Å². The maximum absolute atomic E-state index is 11.9. The van der Waals surface area contributed by atoms with E-state index in [1.807, 2.05) is 0 Å². The van der Waals surface area contributed by atoms with Crippen molar-refractivity contribution in [2.45, 2.75) is 10.6 Å². The molecule has 1 aromatic heterocycles. The fourth-order valence-corrected chi connectivity index (χ4v) is 4.36. The molecule has 8 heteroatoms. The first-order chi connectivity index (χ1) is 7.34. The Hall–Kier alpha value is -0.440. The van der Waals surface area contributed by atoms with E-state index >= 15 is 0 Å². The van der Waals surface area contributed by atoms with Gasteiger partial charge >= 0.3 is 5.97 Å². The Morgan fingerprint density at radius 2 is 2.19 bits per heavy atom. The number of thiophene rings is 1. The molecular formula is C8H10BrNO4S2. The topological polar surface area (TPSA) is 74.7 Å². The van der Waals surface area contributed by atoms with Crippen LogP contribution in [-0.2, 0) is 14.8 Å². The lowest BCUT2D eigenvalue weighted by atomic mass is 10.4. The summed E-state index contributed by atoms with van der Waals surface area (Å²) >= 11 is 4.27. The molecule has 1 rings (SSSR count). The van der Waals surface area contributed by atoms with Gasteiger partial charge in [0.25, 0.3) is 10.0 Å². The number of nitrogens with zero attached hydrogens (tertiary/aromatic N) is 1. The van der Waals surface area contributed by atoms with Crippen LogP contribution < -0.4 is 0 Å². The number of rotatable bonds is 5. The Morgan fingerprint density at radius 3 is 2.62 bits per heavy atom. The van der Waals surface area contributed by atoms with Crippen LogP contribution in [0.4, 0.5) is 0 Å². The number of aliphatic carboxylic acids is 1. The van der Waals surface area contributed by atoms with E-state index in [-0.39, 0.29) is 17.2 Å². The zero-order valence-corrected chi connectivity index (χ0v) is 11.6. The van der Waals surface area contributed by atoms with E-state index in [0.29, 0.717) is 0 Å².